The lowest BCUT2D eigenvalue weighted by Gasteiger charge is -2.29. The third-order valence-corrected chi connectivity index (χ3v) is 5.95. The molecule has 0 aliphatic carbocycles. The summed E-state index contributed by atoms with van der Waals surface area (Å²) >= 11 is 0. The molecule has 0 radical (unpaired) electrons. The predicted molar refractivity (Wildman–Crippen MR) is 107 cm³/mol. The molecular formula is C22H26N4O2+2. The number of benzene rings is 2. The van der Waals surface area contributed by atoms with Crippen molar-refractivity contribution < 1.29 is 14.5 Å². The summed E-state index contributed by atoms with van der Waals surface area (Å²) in [5.74, 6) is 1.85. The van der Waals surface area contributed by atoms with E-state index in [1.165, 1.54) is 16.0 Å². The highest BCUT2D eigenvalue weighted by Gasteiger charge is 2.24. The Kier molecular flexibility index (Phi) is 4.58. The lowest BCUT2D eigenvalue weighted by Crippen LogP contribution is -3.27. The molecule has 5 rings (SSSR count). The predicted octanol–water partition coefficient (Wildman–Crippen LogP) is -0.658. The molecule has 2 aromatic carbocycles. The van der Waals surface area contributed by atoms with Crippen LogP contribution in [-0.4, -0.2) is 42.8 Å². The SMILES string of the molecule is O=c1[nH]c(C[NH+]2CC[NH+](Cc3ccc4c(c3)CCO4)CC2)nc2ccccc12. The lowest BCUT2D eigenvalue weighted by molar-refractivity contribution is -1.02. The average Bonchev–Trinajstić information content (AvgIpc) is 3.17. The molecule has 0 amide bonds. The molecule has 3 N–H and O–H groups in total. The number of H-pyrrole nitrogens is 1. The number of aromatic amines is 1. The number of hydrogen-bond donors (Lipinski definition) is 3. The van der Waals surface area contributed by atoms with Gasteiger partial charge in [-0.05, 0) is 35.9 Å². The molecule has 1 aromatic heterocycles. The van der Waals surface area contributed by atoms with E-state index in [1.807, 2.05) is 24.3 Å². The first-order chi connectivity index (χ1) is 13.7. The third-order valence-electron chi connectivity index (χ3n) is 5.95. The number of hydrogen-bond acceptors (Lipinski definition) is 3. The minimum Gasteiger partial charge on any atom is -0.493 e. The molecule has 28 heavy (non-hydrogen) atoms. The molecule has 0 spiro atoms. The molecule has 1 fully saturated rings. The molecule has 0 atom stereocenters. The zero-order valence-electron chi connectivity index (χ0n) is 16.0. The number of nitrogens with zero attached hydrogens (tertiary/aromatic N) is 1. The number of para-hydroxylation sites is 1. The van der Waals surface area contributed by atoms with E-state index in [4.69, 9.17) is 4.74 Å². The lowest BCUT2D eigenvalue weighted by atomic mass is 10.1. The highest BCUT2D eigenvalue weighted by molar-refractivity contribution is 5.77. The van der Waals surface area contributed by atoms with Crippen molar-refractivity contribution in [2.75, 3.05) is 32.8 Å². The minimum atomic E-state index is -0.0372. The second-order valence-corrected chi connectivity index (χ2v) is 7.92. The highest BCUT2D eigenvalue weighted by Crippen LogP contribution is 2.25. The monoisotopic (exact) mass is 378 g/mol. The Bertz CT molecular complexity index is 1050. The molecular weight excluding hydrogens is 352 g/mol. The van der Waals surface area contributed by atoms with Gasteiger partial charge in [0.2, 0.25) is 0 Å². The first-order valence-corrected chi connectivity index (χ1v) is 10.1. The van der Waals surface area contributed by atoms with E-state index in [2.05, 4.69) is 28.2 Å². The van der Waals surface area contributed by atoms with E-state index in [0.717, 1.165) is 69.4 Å². The summed E-state index contributed by atoms with van der Waals surface area (Å²) in [6.45, 7) is 7.15. The summed E-state index contributed by atoms with van der Waals surface area (Å²) in [5, 5.41) is 0.662. The Morgan fingerprint density at radius 2 is 1.79 bits per heavy atom. The van der Waals surface area contributed by atoms with Crippen LogP contribution in [0.2, 0.25) is 0 Å². The number of nitrogens with one attached hydrogen (secondary N) is 3. The summed E-state index contributed by atoms with van der Waals surface area (Å²) in [4.78, 5) is 23.0. The van der Waals surface area contributed by atoms with Crippen molar-refractivity contribution in [3.63, 3.8) is 0 Å². The Morgan fingerprint density at radius 3 is 2.64 bits per heavy atom. The van der Waals surface area contributed by atoms with Gasteiger partial charge in [-0.25, -0.2) is 4.98 Å². The van der Waals surface area contributed by atoms with Crippen LogP contribution in [0, 0.1) is 0 Å². The van der Waals surface area contributed by atoms with Gasteiger partial charge < -0.3 is 19.5 Å². The van der Waals surface area contributed by atoms with E-state index < -0.39 is 0 Å². The smallest absolute Gasteiger partial charge is 0.258 e. The molecule has 0 unspecified atom stereocenters. The van der Waals surface area contributed by atoms with Gasteiger partial charge in [0.1, 0.15) is 45.0 Å². The average molecular weight is 378 g/mol. The standard InChI is InChI=1S/C22H24N4O2/c27-22-18-3-1-2-4-19(18)23-21(24-22)15-26-10-8-25(9-11-26)14-16-5-6-20-17(13-16)7-12-28-20/h1-6,13H,7-12,14-15H2,(H,23,24,27)/p+2. The topological polar surface area (TPSA) is 63.9 Å². The summed E-state index contributed by atoms with van der Waals surface area (Å²) in [5.41, 5.74) is 3.51. The molecule has 3 aromatic rings. The van der Waals surface area contributed by atoms with Gasteiger partial charge in [0, 0.05) is 12.0 Å². The van der Waals surface area contributed by atoms with E-state index in [-0.39, 0.29) is 5.56 Å². The van der Waals surface area contributed by atoms with Gasteiger partial charge in [-0.2, -0.15) is 0 Å². The largest absolute Gasteiger partial charge is 0.493 e. The van der Waals surface area contributed by atoms with Crippen LogP contribution < -0.4 is 20.1 Å². The fourth-order valence-electron chi connectivity index (χ4n) is 4.40. The Balaban J connectivity index is 1.20. The van der Waals surface area contributed by atoms with Crippen LogP contribution in [0.5, 0.6) is 5.75 Å². The molecule has 3 heterocycles. The van der Waals surface area contributed by atoms with Gasteiger partial charge in [-0.15, -0.1) is 0 Å². The summed E-state index contributed by atoms with van der Waals surface area (Å²) in [7, 11) is 0. The maximum atomic E-state index is 12.3. The number of piperazine rings is 1. The number of quaternary nitrogens is 2. The van der Waals surface area contributed by atoms with Crippen LogP contribution in [0.1, 0.15) is 17.0 Å². The summed E-state index contributed by atoms with van der Waals surface area (Å²) in [6, 6.07) is 14.2. The summed E-state index contributed by atoms with van der Waals surface area (Å²) in [6.07, 6.45) is 1.04. The van der Waals surface area contributed by atoms with Gasteiger partial charge in [-0.1, -0.05) is 12.1 Å². The quantitative estimate of drug-likeness (QED) is 0.565. The molecule has 6 nitrogen and oxygen atoms in total. The second kappa shape index (κ2) is 7.37. The van der Waals surface area contributed by atoms with Gasteiger partial charge in [0.05, 0.1) is 17.5 Å². The number of aromatic nitrogens is 2. The summed E-state index contributed by atoms with van der Waals surface area (Å²) < 4.78 is 5.61. The number of ether oxygens (including phenoxy) is 1. The first kappa shape index (κ1) is 17.4. The van der Waals surface area contributed by atoms with Crippen molar-refractivity contribution in [2.24, 2.45) is 0 Å². The zero-order chi connectivity index (χ0) is 18.9. The van der Waals surface area contributed by atoms with Crippen LogP contribution in [0.4, 0.5) is 0 Å². The van der Waals surface area contributed by atoms with E-state index >= 15 is 0 Å². The van der Waals surface area contributed by atoms with Gasteiger partial charge in [-0.3, -0.25) is 4.79 Å². The van der Waals surface area contributed by atoms with Crippen LogP contribution in [-0.2, 0) is 19.5 Å². The number of fused-ring (bicyclic) bond motifs is 2. The normalized spacial score (nSPS) is 21.4. The van der Waals surface area contributed by atoms with Crippen molar-refractivity contribution >= 4 is 10.9 Å². The van der Waals surface area contributed by atoms with E-state index in [0.29, 0.717) is 5.39 Å². The fourth-order valence-corrected chi connectivity index (χ4v) is 4.40. The van der Waals surface area contributed by atoms with Crippen molar-refractivity contribution in [3.8, 4) is 5.75 Å². The van der Waals surface area contributed by atoms with Crippen LogP contribution in [0.3, 0.4) is 0 Å². The van der Waals surface area contributed by atoms with Crippen molar-refractivity contribution in [3.05, 3.63) is 69.8 Å². The Labute approximate surface area is 163 Å². The maximum Gasteiger partial charge on any atom is 0.258 e. The minimum absolute atomic E-state index is 0.0372. The zero-order valence-corrected chi connectivity index (χ0v) is 16.0. The third kappa shape index (κ3) is 3.53. The fraction of sp³-hybridized carbons (Fsp3) is 0.364. The Morgan fingerprint density at radius 1 is 1.00 bits per heavy atom. The van der Waals surface area contributed by atoms with Crippen LogP contribution in [0.25, 0.3) is 10.9 Å². The number of rotatable bonds is 4. The van der Waals surface area contributed by atoms with Gasteiger partial charge in [0.15, 0.2) is 5.82 Å². The molecule has 0 bridgehead atoms. The molecule has 2 aliphatic heterocycles. The van der Waals surface area contributed by atoms with Crippen molar-refractivity contribution in [1.82, 2.24) is 9.97 Å². The first-order valence-electron chi connectivity index (χ1n) is 10.1. The van der Waals surface area contributed by atoms with Gasteiger partial charge >= 0.3 is 0 Å². The van der Waals surface area contributed by atoms with Crippen molar-refractivity contribution in [1.29, 1.82) is 0 Å². The van der Waals surface area contributed by atoms with Crippen molar-refractivity contribution in [2.45, 2.75) is 19.5 Å². The Hall–Kier alpha value is -2.70. The maximum absolute atomic E-state index is 12.3. The molecule has 6 heteroatoms. The molecule has 0 saturated carbocycles. The molecule has 144 valence electrons. The van der Waals surface area contributed by atoms with Crippen LogP contribution in [0.15, 0.2) is 47.3 Å². The van der Waals surface area contributed by atoms with E-state index in [1.54, 1.807) is 4.90 Å². The highest BCUT2D eigenvalue weighted by atomic mass is 16.5. The second-order valence-electron chi connectivity index (χ2n) is 7.92. The van der Waals surface area contributed by atoms with Gasteiger partial charge in [0.25, 0.3) is 5.56 Å². The van der Waals surface area contributed by atoms with Crippen LogP contribution >= 0.6 is 0 Å². The molecule has 1 saturated heterocycles. The molecule has 2 aliphatic rings. The van der Waals surface area contributed by atoms with E-state index in [9.17, 15) is 4.79 Å².